The molecule has 0 N–H and O–H groups in total. The lowest BCUT2D eigenvalue weighted by Crippen LogP contribution is -2.00. The Morgan fingerprint density at radius 3 is 2.29 bits per heavy atom. The molecule has 0 fully saturated rings. The van der Waals surface area contributed by atoms with Gasteiger partial charge in [0.2, 0.25) is 0 Å². The Labute approximate surface area is 142 Å². The van der Waals surface area contributed by atoms with Crippen molar-refractivity contribution in [3.05, 3.63) is 32.8 Å². The molecule has 0 unspecified atom stereocenters. The summed E-state index contributed by atoms with van der Waals surface area (Å²) in [6, 6.07) is 4.87. The zero-order valence-electron chi connectivity index (χ0n) is 12.0. The number of unbranched alkanes of at least 4 members (excludes halogenated alkanes) is 6. The number of nitrogens with zero attached hydrogens (tertiary/aromatic N) is 1. The van der Waals surface area contributed by atoms with Crippen LogP contribution in [0.25, 0.3) is 0 Å². The van der Waals surface area contributed by atoms with Crippen molar-refractivity contribution in [2.24, 2.45) is 0 Å². The Kier molecular flexibility index (Phi) is 9.67. The fourth-order valence-corrected chi connectivity index (χ4v) is 2.76. The van der Waals surface area contributed by atoms with Crippen molar-refractivity contribution in [3.8, 4) is 5.75 Å². The number of benzene rings is 1. The highest BCUT2D eigenvalue weighted by Crippen LogP contribution is 2.30. The second kappa shape index (κ2) is 11.0. The zero-order chi connectivity index (χ0) is 15.5. The number of alkyl halides is 1. The summed E-state index contributed by atoms with van der Waals surface area (Å²) in [6.45, 7) is 0.532. The molecule has 0 aliphatic carbocycles. The number of hydrogen-bond acceptors (Lipinski definition) is 3. The summed E-state index contributed by atoms with van der Waals surface area (Å²) < 4.78 is 6.22. The minimum absolute atomic E-state index is 0.0131. The van der Waals surface area contributed by atoms with Crippen molar-refractivity contribution in [3.63, 3.8) is 0 Å². The van der Waals surface area contributed by atoms with Crippen LogP contribution < -0.4 is 4.74 Å². The Balaban J connectivity index is 2.20. The number of nitro groups is 1. The number of hydrogen-bond donors (Lipinski definition) is 0. The van der Waals surface area contributed by atoms with E-state index < -0.39 is 4.92 Å². The summed E-state index contributed by atoms with van der Waals surface area (Å²) in [5.41, 5.74) is 0.0131. The van der Waals surface area contributed by atoms with E-state index in [1.165, 1.54) is 38.2 Å². The van der Waals surface area contributed by atoms with Crippen LogP contribution in [-0.4, -0.2) is 16.9 Å². The molecule has 1 aromatic rings. The molecule has 4 nitrogen and oxygen atoms in total. The molecule has 0 bridgehead atoms. The summed E-state index contributed by atoms with van der Waals surface area (Å²) in [5.74, 6) is 0.348. The Morgan fingerprint density at radius 1 is 1.05 bits per heavy atom. The number of nitro benzene ring substituents is 1. The molecular weight excluding hydrogens is 402 g/mol. The van der Waals surface area contributed by atoms with Crippen LogP contribution in [0.2, 0.25) is 0 Å². The van der Waals surface area contributed by atoms with Gasteiger partial charge in [0, 0.05) is 15.9 Å². The maximum atomic E-state index is 10.9. The lowest BCUT2D eigenvalue weighted by Gasteiger charge is -2.07. The average molecular weight is 423 g/mol. The monoisotopic (exact) mass is 421 g/mol. The van der Waals surface area contributed by atoms with Gasteiger partial charge >= 0.3 is 5.69 Å². The van der Waals surface area contributed by atoms with Crippen LogP contribution in [0.3, 0.4) is 0 Å². The largest absolute Gasteiger partial charge is 0.487 e. The Bertz CT molecular complexity index is 441. The highest BCUT2D eigenvalue weighted by molar-refractivity contribution is 9.10. The van der Waals surface area contributed by atoms with Crippen molar-refractivity contribution in [2.75, 3.05) is 11.9 Å². The van der Waals surface area contributed by atoms with Crippen LogP contribution in [0, 0.1) is 10.1 Å². The Morgan fingerprint density at radius 2 is 1.67 bits per heavy atom. The van der Waals surface area contributed by atoms with E-state index in [2.05, 4.69) is 31.9 Å². The summed E-state index contributed by atoms with van der Waals surface area (Å²) in [4.78, 5) is 10.5. The predicted molar refractivity (Wildman–Crippen MR) is 92.4 cm³/mol. The van der Waals surface area contributed by atoms with Crippen molar-refractivity contribution in [1.29, 1.82) is 0 Å². The second-order valence-corrected chi connectivity index (χ2v) is 6.59. The number of halogens is 2. The van der Waals surface area contributed by atoms with E-state index in [0.717, 1.165) is 18.2 Å². The summed E-state index contributed by atoms with van der Waals surface area (Å²) in [5, 5.41) is 12.0. The molecule has 0 saturated heterocycles. The van der Waals surface area contributed by atoms with Crippen LogP contribution in [-0.2, 0) is 0 Å². The standard InChI is InChI=1S/C15H21Br2NO3/c16-10-6-4-2-1-3-5-7-11-21-15-9-8-13(17)12-14(15)18(19)20/h8-9,12H,1-7,10-11H2. The molecule has 21 heavy (non-hydrogen) atoms. The van der Waals surface area contributed by atoms with Crippen molar-refractivity contribution < 1.29 is 9.66 Å². The summed E-state index contributed by atoms with van der Waals surface area (Å²) >= 11 is 6.66. The molecule has 0 atom stereocenters. The molecule has 0 saturated carbocycles. The van der Waals surface area contributed by atoms with E-state index in [0.29, 0.717) is 16.8 Å². The number of ether oxygens (including phenoxy) is 1. The van der Waals surface area contributed by atoms with Gasteiger partial charge < -0.3 is 4.74 Å². The third-order valence-electron chi connectivity index (χ3n) is 3.15. The zero-order valence-corrected chi connectivity index (χ0v) is 15.2. The molecule has 0 heterocycles. The van der Waals surface area contributed by atoms with Crippen LogP contribution in [0.4, 0.5) is 5.69 Å². The molecule has 1 rings (SSSR count). The lowest BCUT2D eigenvalue weighted by molar-refractivity contribution is -0.385. The van der Waals surface area contributed by atoms with E-state index in [1.54, 1.807) is 12.1 Å². The quantitative estimate of drug-likeness (QED) is 0.194. The predicted octanol–water partition coefficient (Wildman–Crippen LogP) is 5.86. The first kappa shape index (κ1) is 18.4. The van der Waals surface area contributed by atoms with Crippen LogP contribution in [0.15, 0.2) is 22.7 Å². The van der Waals surface area contributed by atoms with E-state index in [1.807, 2.05) is 0 Å². The second-order valence-electron chi connectivity index (χ2n) is 4.88. The maximum absolute atomic E-state index is 10.9. The molecule has 0 amide bonds. The van der Waals surface area contributed by atoms with Crippen molar-refractivity contribution >= 4 is 37.5 Å². The van der Waals surface area contributed by atoms with E-state index in [9.17, 15) is 10.1 Å². The van der Waals surface area contributed by atoms with Gasteiger partial charge in [0.05, 0.1) is 11.5 Å². The first-order valence-electron chi connectivity index (χ1n) is 7.28. The lowest BCUT2D eigenvalue weighted by atomic mass is 10.1. The summed E-state index contributed by atoms with van der Waals surface area (Å²) in [6.07, 6.45) is 8.32. The highest BCUT2D eigenvalue weighted by atomic mass is 79.9. The minimum Gasteiger partial charge on any atom is -0.487 e. The first-order chi connectivity index (χ1) is 10.1. The molecule has 0 radical (unpaired) electrons. The molecule has 1 aromatic carbocycles. The van der Waals surface area contributed by atoms with Crippen LogP contribution >= 0.6 is 31.9 Å². The maximum Gasteiger partial charge on any atom is 0.312 e. The summed E-state index contributed by atoms with van der Waals surface area (Å²) in [7, 11) is 0. The normalized spacial score (nSPS) is 10.6. The van der Waals surface area contributed by atoms with Gasteiger partial charge in [-0.15, -0.1) is 0 Å². The molecule has 0 aromatic heterocycles. The molecule has 118 valence electrons. The smallest absolute Gasteiger partial charge is 0.312 e. The van der Waals surface area contributed by atoms with Gasteiger partial charge in [0.25, 0.3) is 0 Å². The topological polar surface area (TPSA) is 52.4 Å². The van der Waals surface area contributed by atoms with Gasteiger partial charge in [-0.1, -0.05) is 64.0 Å². The van der Waals surface area contributed by atoms with E-state index in [-0.39, 0.29) is 5.69 Å². The van der Waals surface area contributed by atoms with E-state index in [4.69, 9.17) is 4.74 Å². The highest BCUT2D eigenvalue weighted by Gasteiger charge is 2.15. The third-order valence-corrected chi connectivity index (χ3v) is 4.21. The first-order valence-corrected chi connectivity index (χ1v) is 9.19. The molecule has 6 heteroatoms. The van der Waals surface area contributed by atoms with Crippen molar-refractivity contribution in [2.45, 2.75) is 44.9 Å². The van der Waals surface area contributed by atoms with Gasteiger partial charge in [0.15, 0.2) is 5.75 Å². The van der Waals surface area contributed by atoms with Gasteiger partial charge in [-0.3, -0.25) is 10.1 Å². The Hall–Kier alpha value is -0.620. The molecular formula is C15H21Br2NO3. The molecule has 0 aliphatic heterocycles. The molecule has 0 spiro atoms. The van der Waals surface area contributed by atoms with Crippen molar-refractivity contribution in [1.82, 2.24) is 0 Å². The van der Waals surface area contributed by atoms with Gasteiger partial charge in [-0.05, 0) is 25.0 Å². The third kappa shape index (κ3) is 7.81. The van der Waals surface area contributed by atoms with Gasteiger partial charge in [-0.25, -0.2) is 0 Å². The van der Waals surface area contributed by atoms with Gasteiger partial charge in [0.1, 0.15) is 0 Å². The van der Waals surface area contributed by atoms with Crippen LogP contribution in [0.1, 0.15) is 44.9 Å². The minimum atomic E-state index is -0.413. The fraction of sp³-hybridized carbons (Fsp3) is 0.600. The average Bonchev–Trinajstić information content (AvgIpc) is 2.46. The SMILES string of the molecule is O=[N+]([O-])c1cc(Br)ccc1OCCCCCCCCCBr. The fourth-order valence-electron chi connectivity index (χ4n) is 2.02. The van der Waals surface area contributed by atoms with Gasteiger partial charge in [-0.2, -0.15) is 0 Å². The van der Waals surface area contributed by atoms with Crippen LogP contribution in [0.5, 0.6) is 5.75 Å². The molecule has 0 aliphatic rings. The van der Waals surface area contributed by atoms with E-state index >= 15 is 0 Å². The number of rotatable bonds is 11.